The number of carbonyl (C=O) groups is 6. The fourth-order valence-corrected chi connectivity index (χ4v) is 13.4. The molecule has 26 unspecified atom stereocenters. The summed E-state index contributed by atoms with van der Waals surface area (Å²) in [6.07, 6.45) is -31.0. The monoisotopic (exact) mass is 1460 g/mol. The number of benzene rings is 4. The van der Waals surface area contributed by atoms with Gasteiger partial charge in [0.1, 0.15) is 127 Å². The highest BCUT2D eigenvalue weighted by atomic mass is 16.8. The molecule has 5 saturated heterocycles. The van der Waals surface area contributed by atoms with Crippen LogP contribution in [0.3, 0.4) is 0 Å². The Morgan fingerprint density at radius 1 is 0.596 bits per heavy atom. The number of rotatable bonds is 18. The third-order valence-corrected chi connectivity index (χ3v) is 19.3. The third kappa shape index (κ3) is 16.6. The molecule has 104 heavy (non-hydrogen) atoms. The second kappa shape index (κ2) is 33.2. The van der Waals surface area contributed by atoms with E-state index in [2.05, 4.69) is 47.2 Å². The number of nitrogens with one attached hydrogen (secondary N) is 7. The Labute approximate surface area is 592 Å². The molecule has 7 heterocycles. The van der Waals surface area contributed by atoms with Crippen molar-refractivity contribution in [1.29, 1.82) is 0 Å². The Morgan fingerprint density at radius 3 is 1.94 bits per heavy atom. The van der Waals surface area contributed by atoms with Crippen LogP contribution < -0.4 is 58.2 Å². The van der Waals surface area contributed by atoms with E-state index in [-0.39, 0.29) is 30.4 Å². The van der Waals surface area contributed by atoms with E-state index in [0.717, 1.165) is 15.7 Å². The average molecular weight is 1460 g/mol. The first-order valence-corrected chi connectivity index (χ1v) is 33.5. The van der Waals surface area contributed by atoms with Crippen molar-refractivity contribution in [2.24, 2.45) is 21.5 Å². The van der Waals surface area contributed by atoms with Crippen molar-refractivity contribution >= 4 is 58.1 Å². The molecule has 7 aliphatic rings. The van der Waals surface area contributed by atoms with Gasteiger partial charge in [-0.15, -0.1) is 0 Å². The molecule has 566 valence electrons. The van der Waals surface area contributed by atoms with Gasteiger partial charge in [-0.3, -0.25) is 38.8 Å². The second-order valence-electron chi connectivity index (χ2n) is 26.1. The summed E-state index contributed by atoms with van der Waals surface area (Å²) in [6, 6.07) is 12.0. The van der Waals surface area contributed by atoms with Crippen LogP contribution in [0.2, 0.25) is 0 Å². The number of hydrogen-bond donors (Lipinski definition) is 21. The number of methoxy groups -OCH3 is 1. The Balaban J connectivity index is 0.830. The second-order valence-corrected chi connectivity index (χ2v) is 26.1. The summed E-state index contributed by atoms with van der Waals surface area (Å²) >= 11 is 0. The van der Waals surface area contributed by atoms with Gasteiger partial charge in [-0.25, -0.2) is 0 Å². The van der Waals surface area contributed by atoms with Gasteiger partial charge in [0.2, 0.25) is 41.7 Å². The molecule has 0 aromatic heterocycles. The standard InChI is InChI=1S/C66H86N12O26/c1-26(28-6-4-3-5-7-28)42-58(94)72-34(16-27-8-13-32(14-9-27)99-63-52(90)49(87)54(39(24-81)101-63)104-64-53(91)50(88)55-40(102-64)25-98-62(103-55)31-11-10-30-18-33(97-2)15-12-29(30)17-31)57(93)76-43(45(83)35-19-70-65(67)74-35)60(96)77-44(59(95)73-36(22-79)56(92)69-21-41(82)75-42)46(84)37-20-71-66(68)78(37)61-51(89)48(86)47(85)38(23-80)100-61/h3-15,17-18,26,34-40,42-55,61-64,79-81,83-91H,16,19-25H2,1-2H3,(H2,68,71)(H,69,92)(H,72,94)(H,73,95)(H,75,82)(H,76,93)(H,77,96)(H3,67,70,74). The zero-order chi connectivity index (χ0) is 74.5. The number of hydrogen-bond acceptors (Lipinski definition) is 32. The number of aliphatic hydroxyl groups is 12. The summed E-state index contributed by atoms with van der Waals surface area (Å²) in [5, 5.41) is 153. The van der Waals surface area contributed by atoms with Crippen LogP contribution in [0.25, 0.3) is 10.8 Å². The van der Waals surface area contributed by atoms with Gasteiger partial charge in [0.25, 0.3) is 0 Å². The topological polar surface area (TPSA) is 583 Å². The lowest BCUT2D eigenvalue weighted by Gasteiger charge is -2.48. The Bertz CT molecular complexity index is 3750. The van der Waals surface area contributed by atoms with Crippen LogP contribution in [0.4, 0.5) is 0 Å². The molecule has 38 nitrogen and oxygen atoms in total. The van der Waals surface area contributed by atoms with Gasteiger partial charge in [0.15, 0.2) is 30.7 Å². The maximum atomic E-state index is 15.2. The lowest BCUT2D eigenvalue weighted by Crippen LogP contribution is -2.70. The van der Waals surface area contributed by atoms with Gasteiger partial charge in [-0.1, -0.05) is 67.6 Å². The van der Waals surface area contributed by atoms with Crippen molar-refractivity contribution in [3.8, 4) is 11.5 Å². The smallest absolute Gasteiger partial charge is 0.246 e. The first kappa shape index (κ1) is 76.5. The molecule has 23 N–H and O–H groups in total. The van der Waals surface area contributed by atoms with Crippen LogP contribution in [-0.2, 0) is 63.6 Å². The number of carbonyl (C=O) groups excluding carboxylic acids is 6. The minimum absolute atomic E-state index is 0.0507. The Morgan fingerprint density at radius 2 is 1.25 bits per heavy atom. The van der Waals surface area contributed by atoms with Crippen LogP contribution in [0.5, 0.6) is 11.5 Å². The van der Waals surface area contributed by atoms with E-state index in [0.29, 0.717) is 16.9 Å². The number of nitrogens with zero attached hydrogens (tertiary/aromatic N) is 3. The number of ether oxygens (including phenoxy) is 8. The summed E-state index contributed by atoms with van der Waals surface area (Å²) < 4.78 is 47.1. The van der Waals surface area contributed by atoms with Crippen LogP contribution in [0.1, 0.15) is 35.8 Å². The van der Waals surface area contributed by atoms with Crippen molar-refractivity contribution in [1.82, 2.24) is 42.1 Å². The van der Waals surface area contributed by atoms with Gasteiger partial charge in [0, 0.05) is 17.9 Å². The van der Waals surface area contributed by atoms with E-state index in [4.69, 9.17) is 49.4 Å². The van der Waals surface area contributed by atoms with Gasteiger partial charge >= 0.3 is 0 Å². The normalized spacial score (nSPS) is 35.7. The molecule has 0 radical (unpaired) electrons. The summed E-state index contributed by atoms with van der Waals surface area (Å²) in [7, 11) is 1.56. The lowest BCUT2D eigenvalue weighted by molar-refractivity contribution is -0.383. The number of aliphatic hydroxyl groups excluding tert-OH is 12. The molecular formula is C66H86N12O26. The van der Waals surface area contributed by atoms with E-state index in [1.54, 1.807) is 56.5 Å². The first-order valence-electron chi connectivity index (χ1n) is 33.5. The highest BCUT2D eigenvalue weighted by Crippen LogP contribution is 2.38. The molecule has 0 saturated carbocycles. The Kier molecular flexibility index (Phi) is 24.4. The highest BCUT2D eigenvalue weighted by molar-refractivity contribution is 5.98. The minimum Gasteiger partial charge on any atom is -0.497 e. The molecule has 11 rings (SSSR count). The molecule has 6 amide bonds. The third-order valence-electron chi connectivity index (χ3n) is 19.3. The molecule has 0 spiro atoms. The largest absolute Gasteiger partial charge is 0.497 e. The fraction of sp³-hybridized carbons (Fsp3) is 0.545. The maximum Gasteiger partial charge on any atom is 0.246 e. The van der Waals surface area contributed by atoms with Crippen LogP contribution in [0, 0.1) is 0 Å². The molecule has 0 bridgehead atoms. The maximum absolute atomic E-state index is 15.2. The molecular weight excluding hydrogens is 1380 g/mol. The predicted octanol–water partition coefficient (Wildman–Crippen LogP) is -9.69. The van der Waals surface area contributed by atoms with E-state index >= 15 is 9.59 Å². The average Bonchev–Trinajstić information content (AvgIpc) is 1.73. The predicted molar refractivity (Wildman–Crippen MR) is 354 cm³/mol. The molecule has 38 heteroatoms. The zero-order valence-corrected chi connectivity index (χ0v) is 55.9. The number of nitrogens with two attached hydrogens (primary N) is 2. The highest BCUT2D eigenvalue weighted by Gasteiger charge is 2.55. The van der Waals surface area contributed by atoms with Gasteiger partial charge in [-0.05, 0) is 52.2 Å². The number of fused-ring (bicyclic) bond motifs is 2. The summed E-state index contributed by atoms with van der Waals surface area (Å²) in [5.41, 5.74) is 13.5. The van der Waals surface area contributed by atoms with Crippen LogP contribution in [-0.4, -0.2) is 313 Å². The van der Waals surface area contributed by atoms with Crippen molar-refractivity contribution in [2.45, 2.75) is 172 Å². The number of amides is 6. The van der Waals surface area contributed by atoms with Crippen molar-refractivity contribution < 1.29 is 128 Å². The molecule has 4 aromatic carbocycles. The van der Waals surface area contributed by atoms with E-state index < -0.39 is 239 Å². The molecule has 26 atom stereocenters. The SMILES string of the molecule is COc1ccc2cc(C3OCC4OC(OC5C(CO)OC(Oc6ccc(CC7NC(=O)C(C(C)c8ccccc8)NC(=O)CNC(=O)C(CO)NC(=O)C(C(O)C8CN=C(N)N8C8OC(CO)C(O)C(O)C8O)NC(=O)C(C(O)C8CN=C(N)N8)NC7=O)cc6)C(O)C5O)C(O)C(O)C4O3)ccc2c1. The van der Waals surface area contributed by atoms with Crippen LogP contribution >= 0.6 is 0 Å². The Hall–Kier alpha value is -8.62. The molecule has 5 fully saturated rings. The molecule has 4 aromatic rings. The lowest BCUT2D eigenvalue weighted by atomic mass is 9.92. The van der Waals surface area contributed by atoms with E-state index in [1.165, 1.54) is 24.3 Å². The van der Waals surface area contributed by atoms with E-state index in [1.807, 2.05) is 24.3 Å². The quantitative estimate of drug-likeness (QED) is 0.0440. The fourth-order valence-electron chi connectivity index (χ4n) is 13.4. The minimum atomic E-state index is -2.35. The van der Waals surface area contributed by atoms with Gasteiger partial charge in [0.05, 0.1) is 65.3 Å². The summed E-state index contributed by atoms with van der Waals surface area (Å²) in [5.74, 6) is -8.27. The van der Waals surface area contributed by atoms with Crippen molar-refractivity contribution in [3.63, 3.8) is 0 Å². The zero-order valence-electron chi connectivity index (χ0n) is 55.9. The summed E-state index contributed by atoms with van der Waals surface area (Å²) in [6.45, 7) is -3.24. The number of guanidine groups is 2. The number of aliphatic imine (C=N–C) groups is 2. The first-order chi connectivity index (χ1) is 49.8. The van der Waals surface area contributed by atoms with E-state index in [9.17, 15) is 80.5 Å². The molecule has 0 aliphatic carbocycles. The van der Waals surface area contributed by atoms with Crippen LogP contribution in [0.15, 0.2) is 101 Å². The van der Waals surface area contributed by atoms with Gasteiger partial charge in [-0.2, -0.15) is 0 Å². The van der Waals surface area contributed by atoms with Crippen molar-refractivity contribution in [2.75, 3.05) is 53.2 Å². The van der Waals surface area contributed by atoms with Gasteiger partial charge < -0.3 is 153 Å². The molecule has 7 aliphatic heterocycles. The summed E-state index contributed by atoms with van der Waals surface area (Å²) in [4.78, 5) is 96.7. The van der Waals surface area contributed by atoms with Crippen molar-refractivity contribution in [3.05, 3.63) is 108 Å².